The van der Waals surface area contributed by atoms with Crippen molar-refractivity contribution >= 4 is 11.5 Å². The zero-order valence-electron chi connectivity index (χ0n) is 11.0. The second-order valence-corrected chi connectivity index (χ2v) is 6.16. The van der Waals surface area contributed by atoms with Gasteiger partial charge in [0, 0.05) is 17.9 Å². The summed E-state index contributed by atoms with van der Waals surface area (Å²) in [4.78, 5) is 4.60. The number of nitrogens with one attached hydrogen (secondary N) is 1. The molecule has 1 rings (SSSR count). The fourth-order valence-electron chi connectivity index (χ4n) is 1.37. The molecule has 0 amide bonds. The Bertz CT molecular complexity index is 314. The average molecular weight is 241 g/mol. The first kappa shape index (κ1) is 13.6. The second kappa shape index (κ2) is 5.73. The Kier molecular flexibility index (Phi) is 4.87. The molecule has 0 aliphatic heterocycles. The monoisotopic (exact) mass is 241 g/mol. The Morgan fingerprint density at radius 3 is 2.56 bits per heavy atom. The van der Waals surface area contributed by atoms with Crippen LogP contribution in [0.25, 0.3) is 0 Å². The molecule has 0 bridgehead atoms. The van der Waals surface area contributed by atoms with E-state index in [9.17, 15) is 0 Å². The molecule has 1 atom stereocenters. The molecule has 0 saturated heterocycles. The van der Waals surface area contributed by atoms with Gasteiger partial charge in [0.25, 0.3) is 0 Å². The van der Waals surface area contributed by atoms with Crippen LogP contribution in [0.5, 0.6) is 0 Å². The summed E-state index contributed by atoms with van der Waals surface area (Å²) >= 11 is 1.54. The van der Waals surface area contributed by atoms with Gasteiger partial charge in [0.15, 0.2) is 0 Å². The summed E-state index contributed by atoms with van der Waals surface area (Å²) < 4.78 is 4.42. The van der Waals surface area contributed by atoms with Crippen LogP contribution in [0.3, 0.4) is 0 Å². The number of nitrogens with zero attached hydrogens (tertiary/aromatic N) is 2. The third kappa shape index (κ3) is 4.18. The van der Waals surface area contributed by atoms with E-state index in [0.29, 0.717) is 6.04 Å². The van der Waals surface area contributed by atoms with E-state index in [4.69, 9.17) is 0 Å². The molecule has 0 fully saturated rings. The highest BCUT2D eigenvalue weighted by Gasteiger charge is 2.19. The SMILES string of the molecule is CCCNC(C)Cc1nc(C(C)(C)C)ns1. The number of aromatic nitrogens is 2. The van der Waals surface area contributed by atoms with Crippen molar-refractivity contribution < 1.29 is 0 Å². The summed E-state index contributed by atoms with van der Waals surface area (Å²) in [7, 11) is 0. The van der Waals surface area contributed by atoms with Crippen LogP contribution >= 0.6 is 11.5 Å². The van der Waals surface area contributed by atoms with Crippen LogP contribution in [0, 0.1) is 0 Å². The van der Waals surface area contributed by atoms with Gasteiger partial charge in [0.05, 0.1) is 0 Å². The molecule has 1 aromatic heterocycles. The van der Waals surface area contributed by atoms with E-state index in [1.165, 1.54) is 18.0 Å². The van der Waals surface area contributed by atoms with E-state index >= 15 is 0 Å². The number of hydrogen-bond acceptors (Lipinski definition) is 4. The summed E-state index contributed by atoms with van der Waals surface area (Å²) in [6.45, 7) is 11.9. The highest BCUT2D eigenvalue weighted by atomic mass is 32.1. The van der Waals surface area contributed by atoms with Gasteiger partial charge < -0.3 is 5.32 Å². The van der Waals surface area contributed by atoms with Crippen LogP contribution < -0.4 is 5.32 Å². The van der Waals surface area contributed by atoms with E-state index in [1.807, 2.05) is 0 Å². The van der Waals surface area contributed by atoms with Gasteiger partial charge in [0.1, 0.15) is 10.8 Å². The van der Waals surface area contributed by atoms with E-state index in [1.54, 1.807) is 0 Å². The lowest BCUT2D eigenvalue weighted by atomic mass is 9.96. The summed E-state index contributed by atoms with van der Waals surface area (Å²) in [5.74, 6) is 0.968. The van der Waals surface area contributed by atoms with Gasteiger partial charge in [-0.05, 0) is 31.4 Å². The van der Waals surface area contributed by atoms with Gasteiger partial charge in [-0.25, -0.2) is 4.98 Å². The first-order valence-corrected chi connectivity index (χ1v) is 6.77. The minimum absolute atomic E-state index is 0.0643. The topological polar surface area (TPSA) is 37.8 Å². The largest absolute Gasteiger partial charge is 0.314 e. The van der Waals surface area contributed by atoms with Crippen molar-refractivity contribution in [3.63, 3.8) is 0 Å². The van der Waals surface area contributed by atoms with Crippen molar-refractivity contribution in [1.29, 1.82) is 0 Å². The minimum Gasteiger partial charge on any atom is -0.314 e. The van der Waals surface area contributed by atoms with Crippen molar-refractivity contribution in [2.45, 2.75) is 58.9 Å². The lowest BCUT2D eigenvalue weighted by Crippen LogP contribution is -2.28. The minimum atomic E-state index is 0.0643. The molecule has 0 aliphatic rings. The molecule has 1 aromatic rings. The normalized spacial score (nSPS) is 14.1. The molecule has 1 heterocycles. The highest BCUT2D eigenvalue weighted by molar-refractivity contribution is 7.05. The summed E-state index contributed by atoms with van der Waals surface area (Å²) in [6.07, 6.45) is 2.15. The van der Waals surface area contributed by atoms with Crippen LogP contribution in [-0.4, -0.2) is 21.9 Å². The third-order valence-electron chi connectivity index (χ3n) is 2.36. The van der Waals surface area contributed by atoms with Crippen molar-refractivity contribution in [2.75, 3.05) is 6.54 Å². The third-order valence-corrected chi connectivity index (χ3v) is 3.10. The van der Waals surface area contributed by atoms with Gasteiger partial charge in [-0.15, -0.1) is 0 Å². The first-order chi connectivity index (χ1) is 7.43. The second-order valence-electron chi connectivity index (χ2n) is 5.32. The lowest BCUT2D eigenvalue weighted by molar-refractivity contribution is 0.531. The van der Waals surface area contributed by atoms with E-state index in [0.717, 1.165) is 23.8 Å². The molecule has 0 radical (unpaired) electrons. The smallest absolute Gasteiger partial charge is 0.147 e. The Hall–Kier alpha value is -0.480. The Morgan fingerprint density at radius 2 is 2.06 bits per heavy atom. The van der Waals surface area contributed by atoms with Crippen LogP contribution in [0.15, 0.2) is 0 Å². The van der Waals surface area contributed by atoms with Gasteiger partial charge >= 0.3 is 0 Å². The Balaban J connectivity index is 2.52. The zero-order chi connectivity index (χ0) is 12.2. The Labute approximate surface area is 103 Å². The zero-order valence-corrected chi connectivity index (χ0v) is 11.8. The molecule has 3 nitrogen and oxygen atoms in total. The van der Waals surface area contributed by atoms with Gasteiger partial charge in [0.2, 0.25) is 0 Å². The van der Waals surface area contributed by atoms with Crippen molar-refractivity contribution in [3.8, 4) is 0 Å². The lowest BCUT2D eigenvalue weighted by Gasteiger charge is -2.13. The fraction of sp³-hybridized carbons (Fsp3) is 0.833. The summed E-state index contributed by atoms with van der Waals surface area (Å²) in [5.41, 5.74) is 0.0643. The first-order valence-electron chi connectivity index (χ1n) is 6.00. The maximum Gasteiger partial charge on any atom is 0.147 e. The fourth-order valence-corrected chi connectivity index (χ4v) is 2.33. The molecule has 0 spiro atoms. The quantitative estimate of drug-likeness (QED) is 0.861. The van der Waals surface area contributed by atoms with Gasteiger partial charge in [-0.2, -0.15) is 4.37 Å². The molecule has 4 heteroatoms. The molecule has 0 aliphatic carbocycles. The van der Waals surface area contributed by atoms with Crippen LogP contribution in [0.1, 0.15) is 51.9 Å². The predicted molar refractivity (Wildman–Crippen MR) is 70.1 cm³/mol. The van der Waals surface area contributed by atoms with Crippen LogP contribution in [-0.2, 0) is 11.8 Å². The van der Waals surface area contributed by atoms with Crippen molar-refractivity contribution in [3.05, 3.63) is 10.8 Å². The standard InChI is InChI=1S/C12H23N3S/c1-6-7-13-9(2)8-10-14-11(15-16-10)12(3,4)5/h9,13H,6-8H2,1-5H3. The number of rotatable bonds is 5. The molecule has 1 N–H and O–H groups in total. The maximum absolute atomic E-state index is 4.60. The van der Waals surface area contributed by atoms with Gasteiger partial charge in [-0.1, -0.05) is 27.7 Å². The van der Waals surface area contributed by atoms with E-state index in [-0.39, 0.29) is 5.41 Å². The molecule has 0 aromatic carbocycles. The number of hydrogen-bond donors (Lipinski definition) is 1. The van der Waals surface area contributed by atoms with Crippen molar-refractivity contribution in [1.82, 2.24) is 14.7 Å². The molecule has 92 valence electrons. The Morgan fingerprint density at radius 1 is 1.38 bits per heavy atom. The van der Waals surface area contributed by atoms with Crippen LogP contribution in [0.4, 0.5) is 0 Å². The van der Waals surface area contributed by atoms with Gasteiger partial charge in [-0.3, -0.25) is 0 Å². The summed E-state index contributed by atoms with van der Waals surface area (Å²) in [6, 6.07) is 0.487. The highest BCUT2D eigenvalue weighted by Crippen LogP contribution is 2.21. The molecule has 0 saturated carbocycles. The summed E-state index contributed by atoms with van der Waals surface area (Å²) in [5, 5.41) is 4.61. The molecular formula is C12H23N3S. The maximum atomic E-state index is 4.60. The molecule has 16 heavy (non-hydrogen) atoms. The molecular weight excluding hydrogens is 218 g/mol. The average Bonchev–Trinajstić information content (AvgIpc) is 2.62. The van der Waals surface area contributed by atoms with E-state index < -0.39 is 0 Å². The van der Waals surface area contributed by atoms with Crippen LogP contribution in [0.2, 0.25) is 0 Å². The van der Waals surface area contributed by atoms with Crippen molar-refractivity contribution in [2.24, 2.45) is 0 Å². The predicted octanol–water partition coefficient (Wildman–Crippen LogP) is 2.77. The van der Waals surface area contributed by atoms with E-state index in [2.05, 4.69) is 49.3 Å². The molecule has 1 unspecified atom stereocenters.